The van der Waals surface area contributed by atoms with Crippen LogP contribution in [0.25, 0.3) is 0 Å². The molecule has 1 saturated heterocycles. The number of guanidine groups is 1. The standard InChI is InChI=1S/C23H38N4O.HI/c1-4-21(27-14-11-19-9-7-8-10-20(19)18-27)17-25-23(24-5-2)26-15-12-22(13-16-26)28-6-3;/h7-10,21-22H,4-6,11-18H2,1-3H3,(H,24,25);1H. The van der Waals surface area contributed by atoms with Crippen LogP contribution < -0.4 is 5.32 Å². The maximum absolute atomic E-state index is 5.80. The highest BCUT2D eigenvalue weighted by atomic mass is 127. The third-order valence-corrected chi connectivity index (χ3v) is 6.08. The topological polar surface area (TPSA) is 40.1 Å². The molecule has 0 aromatic heterocycles. The van der Waals surface area contributed by atoms with Crippen LogP contribution in [0.15, 0.2) is 29.3 Å². The van der Waals surface area contributed by atoms with Crippen molar-refractivity contribution in [1.29, 1.82) is 0 Å². The average Bonchev–Trinajstić information content (AvgIpc) is 2.74. The molecule has 0 saturated carbocycles. The van der Waals surface area contributed by atoms with Crippen LogP contribution in [0.2, 0.25) is 0 Å². The molecule has 0 amide bonds. The fourth-order valence-corrected chi connectivity index (χ4v) is 4.42. The molecule has 2 aliphatic heterocycles. The number of likely N-dealkylation sites (tertiary alicyclic amines) is 1. The van der Waals surface area contributed by atoms with E-state index in [-0.39, 0.29) is 24.0 Å². The van der Waals surface area contributed by atoms with E-state index in [1.807, 2.05) is 0 Å². The molecule has 1 aromatic rings. The molecular formula is C23H39IN4O. The van der Waals surface area contributed by atoms with Crippen molar-refractivity contribution in [2.75, 3.05) is 39.3 Å². The van der Waals surface area contributed by atoms with Crippen LogP contribution in [-0.4, -0.2) is 67.2 Å². The molecule has 1 atom stereocenters. The van der Waals surface area contributed by atoms with Crippen molar-refractivity contribution in [3.8, 4) is 0 Å². The highest BCUT2D eigenvalue weighted by Gasteiger charge is 2.24. The van der Waals surface area contributed by atoms with Crippen molar-refractivity contribution in [3.05, 3.63) is 35.4 Å². The van der Waals surface area contributed by atoms with Gasteiger partial charge in [0.1, 0.15) is 0 Å². The number of benzene rings is 1. The second-order valence-electron chi connectivity index (χ2n) is 7.89. The van der Waals surface area contributed by atoms with Crippen LogP contribution in [-0.2, 0) is 17.7 Å². The Morgan fingerprint density at radius 3 is 2.52 bits per heavy atom. The molecule has 5 nitrogen and oxygen atoms in total. The highest BCUT2D eigenvalue weighted by Crippen LogP contribution is 2.21. The number of nitrogens with one attached hydrogen (secondary N) is 1. The molecule has 1 aromatic carbocycles. The summed E-state index contributed by atoms with van der Waals surface area (Å²) in [6, 6.07) is 9.39. The van der Waals surface area contributed by atoms with Crippen LogP contribution in [0.4, 0.5) is 0 Å². The van der Waals surface area contributed by atoms with Gasteiger partial charge < -0.3 is 15.0 Å². The fourth-order valence-electron chi connectivity index (χ4n) is 4.42. The zero-order valence-corrected chi connectivity index (χ0v) is 20.7. The smallest absolute Gasteiger partial charge is 0.193 e. The zero-order valence-electron chi connectivity index (χ0n) is 18.4. The highest BCUT2D eigenvalue weighted by molar-refractivity contribution is 14.0. The van der Waals surface area contributed by atoms with E-state index in [9.17, 15) is 0 Å². The number of rotatable bonds is 7. The Kier molecular flexibility index (Phi) is 10.7. The molecule has 2 heterocycles. The summed E-state index contributed by atoms with van der Waals surface area (Å²) in [6.45, 7) is 13.4. The van der Waals surface area contributed by atoms with Gasteiger partial charge >= 0.3 is 0 Å². The summed E-state index contributed by atoms with van der Waals surface area (Å²) in [5.74, 6) is 1.08. The van der Waals surface area contributed by atoms with Gasteiger partial charge in [-0.05, 0) is 50.7 Å². The van der Waals surface area contributed by atoms with E-state index >= 15 is 0 Å². The Hall–Kier alpha value is -0.860. The van der Waals surface area contributed by atoms with Crippen LogP contribution >= 0.6 is 24.0 Å². The number of halogens is 1. The molecule has 0 aliphatic carbocycles. The van der Waals surface area contributed by atoms with Gasteiger partial charge in [0.2, 0.25) is 0 Å². The van der Waals surface area contributed by atoms with Gasteiger partial charge in [-0.3, -0.25) is 9.89 Å². The van der Waals surface area contributed by atoms with Gasteiger partial charge in [-0.15, -0.1) is 24.0 Å². The molecule has 3 rings (SSSR count). The fraction of sp³-hybridized carbons (Fsp3) is 0.696. The summed E-state index contributed by atoms with van der Waals surface area (Å²) in [6.07, 6.45) is 4.90. The first-order valence-electron chi connectivity index (χ1n) is 11.2. The summed E-state index contributed by atoms with van der Waals surface area (Å²) in [4.78, 5) is 10.1. The van der Waals surface area contributed by atoms with Gasteiger partial charge in [0.25, 0.3) is 0 Å². The van der Waals surface area contributed by atoms with E-state index in [1.54, 1.807) is 0 Å². The Balaban J connectivity index is 0.00000300. The van der Waals surface area contributed by atoms with Gasteiger partial charge in [-0.25, -0.2) is 0 Å². The van der Waals surface area contributed by atoms with Crippen molar-refractivity contribution >= 4 is 29.9 Å². The number of hydrogen-bond donors (Lipinski definition) is 1. The van der Waals surface area contributed by atoms with Crippen LogP contribution in [0, 0.1) is 0 Å². The van der Waals surface area contributed by atoms with Gasteiger partial charge in [0, 0.05) is 45.4 Å². The summed E-state index contributed by atoms with van der Waals surface area (Å²) in [5, 5.41) is 3.51. The summed E-state index contributed by atoms with van der Waals surface area (Å²) in [7, 11) is 0. The quantitative estimate of drug-likeness (QED) is 0.341. The third-order valence-electron chi connectivity index (χ3n) is 6.08. The Labute approximate surface area is 194 Å². The largest absolute Gasteiger partial charge is 0.378 e. The summed E-state index contributed by atoms with van der Waals surface area (Å²) >= 11 is 0. The molecule has 0 spiro atoms. The number of fused-ring (bicyclic) bond motifs is 1. The Morgan fingerprint density at radius 1 is 1.14 bits per heavy atom. The van der Waals surface area contributed by atoms with Crippen molar-refractivity contribution in [3.63, 3.8) is 0 Å². The third kappa shape index (κ3) is 6.82. The van der Waals surface area contributed by atoms with Crippen molar-refractivity contribution < 1.29 is 4.74 Å². The summed E-state index contributed by atoms with van der Waals surface area (Å²) < 4.78 is 5.80. The average molecular weight is 514 g/mol. The van der Waals surface area contributed by atoms with Crippen molar-refractivity contribution in [1.82, 2.24) is 15.1 Å². The number of nitrogens with zero attached hydrogens (tertiary/aromatic N) is 3. The lowest BCUT2D eigenvalue weighted by Crippen LogP contribution is -2.48. The van der Waals surface area contributed by atoms with E-state index in [2.05, 4.69) is 60.2 Å². The second-order valence-corrected chi connectivity index (χ2v) is 7.89. The van der Waals surface area contributed by atoms with E-state index < -0.39 is 0 Å². The minimum absolute atomic E-state index is 0. The monoisotopic (exact) mass is 514 g/mol. The van der Waals surface area contributed by atoms with Crippen molar-refractivity contribution in [2.24, 2.45) is 4.99 Å². The predicted molar refractivity (Wildman–Crippen MR) is 132 cm³/mol. The number of piperidine rings is 1. The molecule has 6 heteroatoms. The van der Waals surface area contributed by atoms with Gasteiger partial charge in [-0.2, -0.15) is 0 Å². The second kappa shape index (κ2) is 12.7. The first-order valence-corrected chi connectivity index (χ1v) is 11.2. The number of aliphatic imine (C=N–C) groups is 1. The maximum atomic E-state index is 5.80. The first-order chi connectivity index (χ1) is 13.7. The molecule has 2 aliphatic rings. The van der Waals surface area contributed by atoms with E-state index in [1.165, 1.54) is 11.1 Å². The number of ether oxygens (including phenoxy) is 1. The zero-order chi connectivity index (χ0) is 19.8. The predicted octanol–water partition coefficient (Wildman–Crippen LogP) is 3.91. The Bertz CT molecular complexity index is 631. The first kappa shape index (κ1) is 24.4. The van der Waals surface area contributed by atoms with Crippen molar-refractivity contribution in [2.45, 2.75) is 65.1 Å². The molecule has 0 bridgehead atoms. The van der Waals surface area contributed by atoms with Gasteiger partial charge in [0.15, 0.2) is 5.96 Å². The molecule has 164 valence electrons. The SMILES string of the molecule is CCNC(=NCC(CC)N1CCc2ccccc2C1)N1CCC(OCC)CC1.I. The van der Waals surface area contributed by atoms with Gasteiger partial charge in [0.05, 0.1) is 12.6 Å². The Morgan fingerprint density at radius 2 is 1.86 bits per heavy atom. The van der Waals surface area contributed by atoms with E-state index in [0.29, 0.717) is 12.1 Å². The molecule has 0 radical (unpaired) electrons. The molecule has 1 fully saturated rings. The van der Waals surface area contributed by atoms with E-state index in [4.69, 9.17) is 9.73 Å². The summed E-state index contributed by atoms with van der Waals surface area (Å²) in [5.41, 5.74) is 3.00. The van der Waals surface area contributed by atoms with Crippen LogP contribution in [0.5, 0.6) is 0 Å². The normalized spacial score (nSPS) is 19.4. The minimum atomic E-state index is 0. The molecule has 1 N–H and O–H groups in total. The lowest BCUT2D eigenvalue weighted by Gasteiger charge is -2.36. The molecular weight excluding hydrogens is 475 g/mol. The minimum Gasteiger partial charge on any atom is -0.378 e. The van der Waals surface area contributed by atoms with Crippen LogP contribution in [0.1, 0.15) is 51.2 Å². The van der Waals surface area contributed by atoms with Gasteiger partial charge in [-0.1, -0.05) is 31.2 Å². The number of hydrogen-bond acceptors (Lipinski definition) is 3. The van der Waals surface area contributed by atoms with Crippen LogP contribution in [0.3, 0.4) is 0 Å². The lowest BCUT2D eigenvalue weighted by atomic mass is 9.98. The molecule has 29 heavy (non-hydrogen) atoms. The lowest BCUT2D eigenvalue weighted by molar-refractivity contribution is 0.0263. The maximum Gasteiger partial charge on any atom is 0.193 e. The molecule has 1 unspecified atom stereocenters. The van der Waals surface area contributed by atoms with E-state index in [0.717, 1.165) is 77.5 Å².